The summed E-state index contributed by atoms with van der Waals surface area (Å²) >= 11 is 0. The van der Waals surface area contributed by atoms with E-state index in [9.17, 15) is 47.9 Å². The largest absolute Gasteiger partial charge is 0.395 e. The maximum atomic E-state index is 14.4. The molecule has 80 heavy (non-hydrogen) atoms. The summed E-state index contributed by atoms with van der Waals surface area (Å²) in [5.41, 5.74) is -4.79. The van der Waals surface area contributed by atoms with Crippen LogP contribution in [0, 0.1) is 17.8 Å². The number of aliphatic hydroxyl groups excluding tert-OH is 1. The van der Waals surface area contributed by atoms with Crippen molar-refractivity contribution in [3.05, 3.63) is 0 Å². The molecule has 0 aromatic heterocycles. The lowest BCUT2D eigenvalue weighted by Gasteiger charge is -2.35. The predicted molar refractivity (Wildman–Crippen MR) is 308 cm³/mol. The molecule has 1 heterocycles. The zero-order valence-electron chi connectivity index (χ0n) is 50.9. The van der Waals surface area contributed by atoms with Gasteiger partial charge < -0.3 is 63.2 Å². The molecule has 22 heteroatoms. The molecule has 1 aliphatic heterocycles. The molecule has 0 aromatic carbocycles. The Labute approximate surface area is 477 Å². The van der Waals surface area contributed by atoms with Crippen LogP contribution in [0.25, 0.3) is 0 Å². The van der Waals surface area contributed by atoms with E-state index in [0.717, 1.165) is 64.2 Å². The third-order valence-electron chi connectivity index (χ3n) is 14.8. The fourth-order valence-corrected chi connectivity index (χ4v) is 10.0. The van der Waals surface area contributed by atoms with Gasteiger partial charge in [0.2, 0.25) is 59.1 Å². The lowest BCUT2D eigenvalue weighted by molar-refractivity contribution is -0.140. The Morgan fingerprint density at radius 1 is 0.562 bits per heavy atom. The summed E-state index contributed by atoms with van der Waals surface area (Å²) in [7, 11) is 0. The Kier molecular flexibility index (Phi) is 30.8. The summed E-state index contributed by atoms with van der Waals surface area (Å²) in [6, 6.07) is -5.16. The van der Waals surface area contributed by atoms with Crippen LogP contribution in [0.15, 0.2) is 0 Å². The van der Waals surface area contributed by atoms with E-state index in [2.05, 4.69) is 60.1 Å². The molecule has 11 N–H and O–H groups in total. The van der Waals surface area contributed by atoms with Crippen molar-refractivity contribution in [3.63, 3.8) is 0 Å². The van der Waals surface area contributed by atoms with Crippen LogP contribution in [0.4, 0.5) is 0 Å². The van der Waals surface area contributed by atoms with Crippen LogP contribution in [0.2, 0.25) is 0 Å². The van der Waals surface area contributed by atoms with Crippen LogP contribution in [0.1, 0.15) is 206 Å². The number of amides is 10. The van der Waals surface area contributed by atoms with Crippen LogP contribution in [-0.4, -0.2) is 155 Å². The van der Waals surface area contributed by atoms with Gasteiger partial charge in [-0.2, -0.15) is 0 Å². The molecule has 10 amide bonds. The number of aliphatic hydroxyl groups is 1. The molecule has 22 nitrogen and oxygen atoms in total. The molecule has 6 atom stereocenters. The van der Waals surface area contributed by atoms with Crippen LogP contribution in [-0.2, 0) is 47.9 Å². The van der Waals surface area contributed by atoms with Gasteiger partial charge in [0.05, 0.1) is 6.61 Å². The number of carbonyl (C=O) groups excluding carboxylic acids is 10. The molecule has 458 valence electrons. The quantitative estimate of drug-likeness (QED) is 0.0404. The molecule has 0 bridgehead atoms. The Balaban J connectivity index is 2.25. The number of carbonyl (C=O) groups is 10. The first-order valence-electron chi connectivity index (χ1n) is 29.8. The van der Waals surface area contributed by atoms with Crippen molar-refractivity contribution < 1.29 is 53.1 Å². The number of nitrogens with zero attached hydrogens (tertiary/aromatic N) is 1. The van der Waals surface area contributed by atoms with Gasteiger partial charge in [-0.15, -0.1) is 0 Å². The van der Waals surface area contributed by atoms with E-state index >= 15 is 0 Å². The third kappa shape index (κ3) is 25.6. The number of unbranched alkanes of at least 4 members (excludes halogenated alkanes) is 5. The summed E-state index contributed by atoms with van der Waals surface area (Å²) in [4.78, 5) is 138. The van der Waals surface area contributed by atoms with Gasteiger partial charge in [-0.1, -0.05) is 105 Å². The first-order valence-corrected chi connectivity index (χ1v) is 29.8. The fraction of sp³-hybridized carbons (Fsp3) is 0.828. The minimum absolute atomic E-state index is 0.00347. The number of likely N-dealkylation sites (tertiary alicyclic amines) is 1. The van der Waals surface area contributed by atoms with Gasteiger partial charge in [0, 0.05) is 45.6 Å². The number of hydrogen-bond donors (Lipinski definition) is 11. The van der Waals surface area contributed by atoms with Crippen LogP contribution < -0.4 is 53.2 Å². The van der Waals surface area contributed by atoms with Crippen molar-refractivity contribution in [3.8, 4) is 0 Å². The molecular formula is C58H105N11O11. The number of nitrogens with one attached hydrogen (secondary N) is 10. The van der Waals surface area contributed by atoms with E-state index in [1.165, 1.54) is 53.4 Å². The zero-order chi connectivity index (χ0) is 60.4. The highest BCUT2D eigenvalue weighted by Crippen LogP contribution is 2.28. The van der Waals surface area contributed by atoms with E-state index in [0.29, 0.717) is 45.3 Å². The fourth-order valence-electron chi connectivity index (χ4n) is 10.0. The molecule has 0 spiro atoms. The molecule has 1 saturated carbocycles. The topological polar surface area (TPSA) is 314 Å². The normalized spacial score (nSPS) is 17.1. The Hall–Kier alpha value is -5.38. The van der Waals surface area contributed by atoms with Crippen LogP contribution in [0.5, 0.6) is 0 Å². The molecule has 2 aliphatic rings. The predicted octanol–water partition coefficient (Wildman–Crippen LogP) is 3.03. The lowest BCUT2D eigenvalue weighted by Crippen LogP contribution is -2.66. The second-order valence-electron chi connectivity index (χ2n) is 24.8. The Morgan fingerprint density at radius 3 is 1.68 bits per heavy atom. The maximum absolute atomic E-state index is 14.4. The van der Waals surface area contributed by atoms with Gasteiger partial charge in [-0.3, -0.25) is 47.9 Å². The van der Waals surface area contributed by atoms with Crippen molar-refractivity contribution in [2.75, 3.05) is 32.8 Å². The number of hydrogen-bond acceptors (Lipinski definition) is 12. The van der Waals surface area contributed by atoms with E-state index < -0.39 is 94.1 Å². The van der Waals surface area contributed by atoms with Crippen LogP contribution >= 0.6 is 0 Å². The van der Waals surface area contributed by atoms with Gasteiger partial charge in [0.1, 0.15) is 46.8 Å². The van der Waals surface area contributed by atoms with Crippen LogP contribution in [0.3, 0.4) is 0 Å². The second-order valence-corrected chi connectivity index (χ2v) is 24.8. The van der Waals surface area contributed by atoms with E-state index in [-0.39, 0.29) is 74.4 Å². The summed E-state index contributed by atoms with van der Waals surface area (Å²) in [5.74, 6) is -5.30. The average molecular weight is 1130 g/mol. The first kappa shape index (κ1) is 70.7. The molecular weight excluding hydrogens is 1030 g/mol. The monoisotopic (exact) mass is 1130 g/mol. The molecule has 1 saturated heterocycles. The summed E-state index contributed by atoms with van der Waals surface area (Å²) < 4.78 is 0. The van der Waals surface area contributed by atoms with Gasteiger partial charge >= 0.3 is 0 Å². The molecule has 1 aliphatic carbocycles. The molecule has 2 fully saturated rings. The van der Waals surface area contributed by atoms with Crippen molar-refractivity contribution >= 4 is 59.1 Å². The van der Waals surface area contributed by atoms with Crippen molar-refractivity contribution in [2.45, 2.75) is 258 Å². The van der Waals surface area contributed by atoms with Crippen molar-refractivity contribution in [1.82, 2.24) is 58.1 Å². The SMILES string of the molecule is CCCCCCCC[C@H](NC(=O)C(C)(C)NC(=O)C(C)(C)NC(=O)[C@H](CC1CCCCC1)NC(=O)[C@@H]1CCCN1C(C)=O)C(=O)N[C@@H](CC(C)C)C(=O)NC(C)(C)C(=O)N[C@@H](CC(C)C)C(=O)NCCC(=O)N[C@@H](C)CNCCO. The molecule has 2 rings (SSSR count). The standard InChI is InChI=1S/C58H105N11O11/c1-14-15-16-17-18-22-26-42(64-54(79)57(10,11)68-55(80)58(12,13)67-51(76)45(35-41-24-20-19-21-25-41)63-52(77)46-27-23-31-69(46)40(7)71)49(74)62-44(34-38(4)5)50(75)66-56(8,9)53(78)65-43(33-37(2)3)48(73)60-29-28-47(72)61-39(6)36-59-30-32-70/h37-39,41-46,59,70H,14-36H2,1-13H3,(H,60,73)(H,61,72)(H,62,74)(H,63,77)(H,64,79)(H,65,78)(H,66,75)(H,67,76)(H,68,80)/t39-,42-,43-,44-,45-,46-/m0/s1. The zero-order valence-corrected chi connectivity index (χ0v) is 50.9. The van der Waals surface area contributed by atoms with Gasteiger partial charge in [0.15, 0.2) is 0 Å². The minimum atomic E-state index is -1.63. The Bertz CT molecular complexity index is 2040. The lowest BCUT2D eigenvalue weighted by atomic mass is 9.84. The smallest absolute Gasteiger partial charge is 0.246 e. The molecule has 0 aromatic rings. The highest BCUT2D eigenvalue weighted by atomic mass is 16.3. The number of rotatable bonds is 36. The van der Waals surface area contributed by atoms with Crippen molar-refractivity contribution in [2.24, 2.45) is 17.8 Å². The van der Waals surface area contributed by atoms with Gasteiger partial charge in [0.25, 0.3) is 0 Å². The maximum Gasteiger partial charge on any atom is 0.246 e. The van der Waals surface area contributed by atoms with Gasteiger partial charge in [-0.25, -0.2) is 0 Å². The molecule has 0 unspecified atom stereocenters. The van der Waals surface area contributed by atoms with Crippen molar-refractivity contribution in [1.29, 1.82) is 0 Å². The highest BCUT2D eigenvalue weighted by molar-refractivity contribution is 6.00. The summed E-state index contributed by atoms with van der Waals surface area (Å²) in [6.45, 7) is 23.1. The summed E-state index contributed by atoms with van der Waals surface area (Å²) in [6.07, 6.45) is 12.4. The second kappa shape index (κ2) is 34.8. The molecule has 0 radical (unpaired) electrons. The first-order chi connectivity index (χ1) is 37.4. The van der Waals surface area contributed by atoms with E-state index in [1.807, 2.05) is 34.6 Å². The highest BCUT2D eigenvalue weighted by Gasteiger charge is 2.42. The Morgan fingerprint density at radius 2 is 1.10 bits per heavy atom. The average Bonchev–Trinajstić information content (AvgIpc) is 3.87. The summed E-state index contributed by atoms with van der Waals surface area (Å²) in [5, 5.41) is 37.2. The van der Waals surface area contributed by atoms with Gasteiger partial charge in [-0.05, 0) is 105 Å². The third-order valence-corrected chi connectivity index (χ3v) is 14.8. The van der Waals surface area contributed by atoms with E-state index in [4.69, 9.17) is 5.11 Å². The minimum Gasteiger partial charge on any atom is -0.395 e. The van der Waals surface area contributed by atoms with E-state index in [1.54, 1.807) is 0 Å².